The summed E-state index contributed by atoms with van der Waals surface area (Å²) >= 11 is 5.90. The smallest absolute Gasteiger partial charge is 0.252 e. The molecular formula is C13H13ClN2O2. The molecule has 0 aliphatic rings. The number of rotatable bonds is 3. The highest BCUT2D eigenvalue weighted by Gasteiger charge is 2.13. The van der Waals surface area contributed by atoms with E-state index in [-0.39, 0.29) is 23.7 Å². The van der Waals surface area contributed by atoms with Gasteiger partial charge in [-0.05, 0) is 19.1 Å². The number of carbonyl (C=O) groups excluding carboxylic acids is 1. The Morgan fingerprint density at radius 3 is 2.94 bits per heavy atom. The number of aliphatic hydroxyl groups excluding tert-OH is 1. The van der Waals surface area contributed by atoms with Gasteiger partial charge in [0, 0.05) is 11.4 Å². The molecule has 4 nitrogen and oxygen atoms in total. The Morgan fingerprint density at radius 2 is 2.22 bits per heavy atom. The summed E-state index contributed by atoms with van der Waals surface area (Å²) in [5.74, 6) is -0.267. The molecule has 0 aliphatic heterocycles. The van der Waals surface area contributed by atoms with Gasteiger partial charge in [0.05, 0.1) is 17.7 Å². The zero-order valence-electron chi connectivity index (χ0n) is 9.85. The van der Waals surface area contributed by atoms with Crippen LogP contribution in [0.2, 0.25) is 5.15 Å². The molecule has 1 amide bonds. The average Bonchev–Trinajstić information content (AvgIpc) is 2.37. The van der Waals surface area contributed by atoms with Gasteiger partial charge >= 0.3 is 0 Å². The highest BCUT2D eigenvalue weighted by molar-refractivity contribution is 6.30. The molecule has 1 unspecified atom stereocenters. The Labute approximate surface area is 110 Å². The Balaban J connectivity index is 2.46. The lowest BCUT2D eigenvalue weighted by Crippen LogP contribution is -2.35. The molecule has 94 valence electrons. The van der Waals surface area contributed by atoms with Crippen molar-refractivity contribution in [3.05, 3.63) is 41.0 Å². The fraction of sp³-hybridized carbons (Fsp3) is 0.231. The van der Waals surface area contributed by atoms with Crippen LogP contribution in [-0.2, 0) is 0 Å². The first-order chi connectivity index (χ1) is 8.61. The van der Waals surface area contributed by atoms with E-state index < -0.39 is 0 Å². The van der Waals surface area contributed by atoms with E-state index in [4.69, 9.17) is 16.7 Å². The van der Waals surface area contributed by atoms with Crippen LogP contribution in [0.15, 0.2) is 30.3 Å². The number of carbonyl (C=O) groups is 1. The molecule has 1 atom stereocenters. The number of benzene rings is 1. The molecule has 0 spiro atoms. The Morgan fingerprint density at radius 1 is 1.50 bits per heavy atom. The lowest BCUT2D eigenvalue weighted by Gasteiger charge is -2.12. The molecule has 2 rings (SSSR count). The molecule has 1 aromatic carbocycles. The fourth-order valence-corrected chi connectivity index (χ4v) is 1.88. The van der Waals surface area contributed by atoms with Crippen LogP contribution in [0.4, 0.5) is 0 Å². The van der Waals surface area contributed by atoms with E-state index in [2.05, 4.69) is 10.3 Å². The van der Waals surface area contributed by atoms with Crippen LogP contribution in [-0.4, -0.2) is 28.6 Å². The van der Waals surface area contributed by atoms with Gasteiger partial charge in [0.1, 0.15) is 5.15 Å². The zero-order valence-corrected chi connectivity index (χ0v) is 10.6. The van der Waals surface area contributed by atoms with Gasteiger partial charge in [0.15, 0.2) is 0 Å². The predicted molar refractivity (Wildman–Crippen MR) is 70.8 cm³/mol. The number of aromatic nitrogens is 1. The van der Waals surface area contributed by atoms with Gasteiger partial charge in [-0.15, -0.1) is 0 Å². The number of fused-ring (bicyclic) bond motifs is 1. The quantitative estimate of drug-likeness (QED) is 0.834. The van der Waals surface area contributed by atoms with Gasteiger partial charge in [-0.1, -0.05) is 29.8 Å². The largest absolute Gasteiger partial charge is 0.394 e. The Hall–Kier alpha value is -1.65. The molecule has 0 saturated carbocycles. The molecule has 1 aromatic heterocycles. The van der Waals surface area contributed by atoms with Gasteiger partial charge < -0.3 is 10.4 Å². The Bertz CT molecular complexity index is 586. The van der Waals surface area contributed by atoms with E-state index in [0.717, 1.165) is 5.39 Å². The first-order valence-electron chi connectivity index (χ1n) is 5.59. The molecule has 0 radical (unpaired) electrons. The van der Waals surface area contributed by atoms with Crippen molar-refractivity contribution >= 4 is 28.4 Å². The highest BCUT2D eigenvalue weighted by Crippen LogP contribution is 2.20. The van der Waals surface area contributed by atoms with Crippen molar-refractivity contribution in [2.75, 3.05) is 6.61 Å². The van der Waals surface area contributed by atoms with Gasteiger partial charge in [-0.3, -0.25) is 4.79 Å². The van der Waals surface area contributed by atoms with E-state index in [9.17, 15) is 4.79 Å². The molecule has 2 aromatic rings. The van der Waals surface area contributed by atoms with Crippen molar-refractivity contribution < 1.29 is 9.90 Å². The number of para-hydroxylation sites is 1. The van der Waals surface area contributed by atoms with Crippen LogP contribution in [0.5, 0.6) is 0 Å². The van der Waals surface area contributed by atoms with Crippen LogP contribution in [0.1, 0.15) is 17.3 Å². The lowest BCUT2D eigenvalue weighted by atomic mass is 10.1. The normalized spacial score (nSPS) is 12.4. The summed E-state index contributed by atoms with van der Waals surface area (Å²) in [6, 6.07) is 8.52. The highest BCUT2D eigenvalue weighted by atomic mass is 35.5. The minimum Gasteiger partial charge on any atom is -0.394 e. The van der Waals surface area contributed by atoms with Crippen molar-refractivity contribution in [3.63, 3.8) is 0 Å². The third-order valence-corrected chi connectivity index (χ3v) is 2.77. The third kappa shape index (κ3) is 2.60. The topological polar surface area (TPSA) is 62.2 Å². The standard InChI is InChI=1S/C13H13ClN2O2/c1-8(7-17)15-13(18)10-6-12(14)16-11-5-3-2-4-9(10)11/h2-6,8,17H,7H2,1H3,(H,15,18). The van der Waals surface area contributed by atoms with E-state index >= 15 is 0 Å². The molecular weight excluding hydrogens is 252 g/mol. The minimum atomic E-state index is -0.303. The van der Waals surface area contributed by atoms with Crippen LogP contribution in [0, 0.1) is 0 Å². The average molecular weight is 265 g/mol. The molecule has 2 N–H and O–H groups in total. The summed E-state index contributed by atoms with van der Waals surface area (Å²) < 4.78 is 0. The number of halogens is 1. The van der Waals surface area contributed by atoms with E-state index in [1.165, 1.54) is 6.07 Å². The van der Waals surface area contributed by atoms with Crippen molar-refractivity contribution in [2.45, 2.75) is 13.0 Å². The Kier molecular flexibility index (Phi) is 3.79. The summed E-state index contributed by atoms with van der Waals surface area (Å²) in [4.78, 5) is 16.2. The van der Waals surface area contributed by atoms with E-state index in [1.54, 1.807) is 13.0 Å². The summed E-state index contributed by atoms with van der Waals surface area (Å²) in [5, 5.41) is 12.6. The van der Waals surface area contributed by atoms with Crippen LogP contribution in [0.25, 0.3) is 10.9 Å². The molecule has 0 fully saturated rings. The van der Waals surface area contributed by atoms with Crippen LogP contribution < -0.4 is 5.32 Å². The molecule has 0 aliphatic carbocycles. The van der Waals surface area contributed by atoms with Crippen LogP contribution in [0.3, 0.4) is 0 Å². The summed E-state index contributed by atoms with van der Waals surface area (Å²) in [6.45, 7) is 1.62. The molecule has 1 heterocycles. The first-order valence-corrected chi connectivity index (χ1v) is 5.96. The predicted octanol–water partition coefficient (Wildman–Crippen LogP) is 2.00. The first kappa shape index (κ1) is 12.8. The molecule has 0 saturated heterocycles. The second kappa shape index (κ2) is 5.33. The monoisotopic (exact) mass is 264 g/mol. The SMILES string of the molecule is CC(CO)NC(=O)c1cc(Cl)nc2ccccc12. The number of hydrogen-bond donors (Lipinski definition) is 2. The maximum atomic E-state index is 12.1. The minimum absolute atomic E-state index is 0.109. The number of pyridine rings is 1. The van der Waals surface area contributed by atoms with Crippen molar-refractivity contribution in [2.24, 2.45) is 0 Å². The second-order valence-electron chi connectivity index (χ2n) is 4.07. The van der Waals surface area contributed by atoms with E-state index in [1.807, 2.05) is 18.2 Å². The van der Waals surface area contributed by atoms with Gasteiger partial charge in [-0.2, -0.15) is 0 Å². The summed E-state index contributed by atoms with van der Waals surface area (Å²) in [5.41, 5.74) is 1.14. The summed E-state index contributed by atoms with van der Waals surface area (Å²) in [7, 11) is 0. The number of nitrogens with one attached hydrogen (secondary N) is 1. The number of amides is 1. The summed E-state index contributed by atoms with van der Waals surface area (Å²) in [6.07, 6.45) is 0. The van der Waals surface area contributed by atoms with Gasteiger partial charge in [0.2, 0.25) is 0 Å². The van der Waals surface area contributed by atoms with Crippen molar-refractivity contribution in [1.29, 1.82) is 0 Å². The molecule has 0 bridgehead atoms. The van der Waals surface area contributed by atoms with Crippen molar-refractivity contribution in [3.8, 4) is 0 Å². The third-order valence-electron chi connectivity index (χ3n) is 2.58. The number of hydrogen-bond acceptors (Lipinski definition) is 3. The second-order valence-corrected chi connectivity index (χ2v) is 4.45. The number of nitrogens with zero attached hydrogens (tertiary/aromatic N) is 1. The van der Waals surface area contributed by atoms with Crippen LogP contribution >= 0.6 is 11.6 Å². The van der Waals surface area contributed by atoms with Crippen molar-refractivity contribution in [1.82, 2.24) is 10.3 Å². The van der Waals surface area contributed by atoms with Gasteiger partial charge in [0.25, 0.3) is 5.91 Å². The molecule has 18 heavy (non-hydrogen) atoms. The maximum Gasteiger partial charge on any atom is 0.252 e. The number of aliphatic hydroxyl groups is 1. The lowest BCUT2D eigenvalue weighted by molar-refractivity contribution is 0.0924. The molecule has 5 heteroatoms. The zero-order chi connectivity index (χ0) is 13.1. The van der Waals surface area contributed by atoms with E-state index in [0.29, 0.717) is 11.1 Å². The maximum absolute atomic E-state index is 12.1. The van der Waals surface area contributed by atoms with Gasteiger partial charge in [-0.25, -0.2) is 4.98 Å². The fourth-order valence-electron chi connectivity index (χ4n) is 1.68.